The molecule has 0 heterocycles. The summed E-state index contributed by atoms with van der Waals surface area (Å²) in [6.07, 6.45) is 7.67. The van der Waals surface area contributed by atoms with Gasteiger partial charge in [0.05, 0.1) is 0 Å². The van der Waals surface area contributed by atoms with Gasteiger partial charge in [0.1, 0.15) is 0 Å². The van der Waals surface area contributed by atoms with E-state index in [1.165, 1.54) is 77.9 Å². The van der Waals surface area contributed by atoms with E-state index in [2.05, 4.69) is 213 Å². The molecule has 0 amide bonds. The molecule has 0 aromatic heterocycles. The molecule has 0 saturated heterocycles. The van der Waals surface area contributed by atoms with Gasteiger partial charge in [0.15, 0.2) is 0 Å². The van der Waals surface area contributed by atoms with Crippen LogP contribution < -0.4 is 0 Å². The maximum absolute atomic E-state index is 3.60. The highest BCUT2D eigenvalue weighted by Crippen LogP contribution is 2.28. The molecule has 0 radical (unpaired) electrons. The smallest absolute Gasteiger partial charge is 0.0178 e. The third-order valence-electron chi connectivity index (χ3n) is 8.12. The first-order valence-electron chi connectivity index (χ1n) is 18.0. The SMILES string of the molecule is C.C.C.C.C=C/C=C(/C)C=C(C)C.C=CC.Cc1ccc(-c2cccc(-c3ccc(C)cc3)c2)cc1.Cc1cccc(-c2ccc(-c3cccc(C)c3)cc2)c1. The van der Waals surface area contributed by atoms with E-state index in [1.807, 2.05) is 13.0 Å². The van der Waals surface area contributed by atoms with Crippen molar-refractivity contribution in [3.63, 3.8) is 0 Å². The third-order valence-corrected chi connectivity index (χ3v) is 8.12. The molecule has 0 bridgehead atoms. The van der Waals surface area contributed by atoms with Gasteiger partial charge in [-0.05, 0) is 106 Å². The number of hydrogen-bond donors (Lipinski definition) is 0. The van der Waals surface area contributed by atoms with Gasteiger partial charge in [-0.15, -0.1) is 6.58 Å². The Morgan fingerprint density at radius 3 is 0.964 bits per heavy atom. The van der Waals surface area contributed by atoms with Crippen molar-refractivity contribution in [3.8, 4) is 44.5 Å². The Balaban J connectivity index is 0. The van der Waals surface area contributed by atoms with E-state index in [0.717, 1.165) is 0 Å². The van der Waals surface area contributed by atoms with E-state index in [9.17, 15) is 0 Å². The molecule has 0 aliphatic carbocycles. The predicted molar refractivity (Wildman–Crippen MR) is 260 cm³/mol. The molecule has 0 unspecified atom stereocenters. The lowest BCUT2D eigenvalue weighted by molar-refractivity contribution is 1.35. The van der Waals surface area contributed by atoms with Crippen molar-refractivity contribution >= 4 is 0 Å². The normalized spacial score (nSPS) is 9.46. The molecule has 0 spiro atoms. The van der Waals surface area contributed by atoms with Crippen LogP contribution in [0.1, 0.15) is 79.7 Å². The fraction of sp³-hybridized carbons (Fsp3) is 0.214. The summed E-state index contributed by atoms with van der Waals surface area (Å²) in [5.74, 6) is 0. The highest BCUT2D eigenvalue weighted by Gasteiger charge is 2.03. The third kappa shape index (κ3) is 18.1. The summed E-state index contributed by atoms with van der Waals surface area (Å²) < 4.78 is 0. The van der Waals surface area contributed by atoms with Crippen LogP contribution in [0.5, 0.6) is 0 Å². The van der Waals surface area contributed by atoms with Crippen molar-refractivity contribution in [2.24, 2.45) is 0 Å². The topological polar surface area (TPSA) is 0 Å². The van der Waals surface area contributed by atoms with E-state index in [-0.39, 0.29) is 29.7 Å². The van der Waals surface area contributed by atoms with Gasteiger partial charge in [-0.1, -0.05) is 234 Å². The van der Waals surface area contributed by atoms with E-state index in [1.54, 1.807) is 12.2 Å². The molecule has 0 N–H and O–H groups in total. The molecule has 56 heavy (non-hydrogen) atoms. The number of rotatable bonds is 6. The number of hydrogen-bond acceptors (Lipinski definition) is 0. The van der Waals surface area contributed by atoms with Crippen LogP contribution in [-0.2, 0) is 0 Å². The number of allylic oxidation sites excluding steroid dienone is 6. The fourth-order valence-corrected chi connectivity index (χ4v) is 5.56. The minimum absolute atomic E-state index is 0. The Morgan fingerprint density at radius 2 is 0.679 bits per heavy atom. The molecule has 0 saturated carbocycles. The van der Waals surface area contributed by atoms with Gasteiger partial charge in [-0.2, -0.15) is 0 Å². The molecule has 0 fully saturated rings. The minimum Gasteiger partial charge on any atom is -0.103 e. The summed E-state index contributed by atoms with van der Waals surface area (Å²) in [6, 6.07) is 52.2. The molecule has 6 rings (SSSR count). The molecule has 6 aromatic carbocycles. The molecule has 296 valence electrons. The zero-order valence-corrected chi connectivity index (χ0v) is 32.6. The minimum atomic E-state index is 0. The number of aryl methyl sites for hydroxylation is 4. The maximum atomic E-state index is 3.60. The fourth-order valence-electron chi connectivity index (χ4n) is 5.56. The van der Waals surface area contributed by atoms with Crippen LogP contribution in [0.3, 0.4) is 0 Å². The number of benzene rings is 6. The average molecular weight is 745 g/mol. The summed E-state index contributed by atoms with van der Waals surface area (Å²) in [7, 11) is 0. The van der Waals surface area contributed by atoms with E-state index in [0.29, 0.717) is 0 Å². The Kier molecular flexibility index (Phi) is 26.0. The van der Waals surface area contributed by atoms with Gasteiger partial charge in [0, 0.05) is 0 Å². The van der Waals surface area contributed by atoms with Gasteiger partial charge in [0.25, 0.3) is 0 Å². The second kappa shape index (κ2) is 27.8. The quantitative estimate of drug-likeness (QED) is 0.118. The summed E-state index contributed by atoms with van der Waals surface area (Å²) in [6.45, 7) is 23.6. The molecule has 0 heteroatoms. The molecule has 0 atom stereocenters. The Bertz CT molecular complexity index is 1920. The van der Waals surface area contributed by atoms with Crippen LogP contribution >= 0.6 is 0 Å². The Hall–Kier alpha value is -5.72. The van der Waals surface area contributed by atoms with Crippen molar-refractivity contribution in [3.05, 3.63) is 216 Å². The second-order valence-electron chi connectivity index (χ2n) is 13.4. The molecule has 0 aliphatic rings. The van der Waals surface area contributed by atoms with Crippen LogP contribution in [0.15, 0.2) is 194 Å². The lowest BCUT2D eigenvalue weighted by Gasteiger charge is -2.07. The Morgan fingerprint density at radius 1 is 0.393 bits per heavy atom. The summed E-state index contributed by atoms with van der Waals surface area (Å²) in [5.41, 5.74) is 17.9. The first-order chi connectivity index (χ1) is 25.0. The molecule has 6 aromatic rings. The average Bonchev–Trinajstić information content (AvgIpc) is 3.13. The van der Waals surface area contributed by atoms with E-state index >= 15 is 0 Å². The summed E-state index contributed by atoms with van der Waals surface area (Å²) in [5, 5.41) is 0. The second-order valence-corrected chi connectivity index (χ2v) is 13.4. The first-order valence-corrected chi connectivity index (χ1v) is 18.0. The predicted octanol–water partition coefficient (Wildman–Crippen LogP) is 18.1. The van der Waals surface area contributed by atoms with Crippen molar-refractivity contribution in [1.82, 2.24) is 0 Å². The molecular formula is C56H72. The van der Waals surface area contributed by atoms with Gasteiger partial charge in [0.2, 0.25) is 0 Å². The molecular weight excluding hydrogens is 673 g/mol. The van der Waals surface area contributed by atoms with Gasteiger partial charge in [-0.25, -0.2) is 0 Å². The largest absolute Gasteiger partial charge is 0.103 e. The van der Waals surface area contributed by atoms with Crippen LogP contribution in [0, 0.1) is 27.7 Å². The van der Waals surface area contributed by atoms with E-state index in [4.69, 9.17) is 0 Å². The maximum Gasteiger partial charge on any atom is -0.0178 e. The molecule has 0 nitrogen and oxygen atoms in total. The highest BCUT2D eigenvalue weighted by atomic mass is 14.1. The van der Waals surface area contributed by atoms with E-state index < -0.39 is 0 Å². The lowest BCUT2D eigenvalue weighted by atomic mass is 9.98. The van der Waals surface area contributed by atoms with Crippen LogP contribution in [-0.4, -0.2) is 0 Å². The van der Waals surface area contributed by atoms with Crippen molar-refractivity contribution < 1.29 is 0 Å². The first kappa shape index (κ1) is 52.4. The summed E-state index contributed by atoms with van der Waals surface area (Å²) in [4.78, 5) is 0. The zero-order chi connectivity index (χ0) is 37.9. The van der Waals surface area contributed by atoms with Crippen LogP contribution in [0.4, 0.5) is 0 Å². The zero-order valence-electron chi connectivity index (χ0n) is 32.6. The monoisotopic (exact) mass is 745 g/mol. The van der Waals surface area contributed by atoms with Gasteiger partial charge < -0.3 is 0 Å². The van der Waals surface area contributed by atoms with Crippen molar-refractivity contribution in [2.45, 2.75) is 85.1 Å². The highest BCUT2D eigenvalue weighted by molar-refractivity contribution is 5.73. The summed E-state index contributed by atoms with van der Waals surface area (Å²) >= 11 is 0. The van der Waals surface area contributed by atoms with Gasteiger partial charge >= 0.3 is 0 Å². The Labute approximate surface area is 344 Å². The van der Waals surface area contributed by atoms with Crippen LogP contribution in [0.2, 0.25) is 0 Å². The van der Waals surface area contributed by atoms with Crippen LogP contribution in [0.25, 0.3) is 44.5 Å². The van der Waals surface area contributed by atoms with Crippen molar-refractivity contribution in [2.75, 3.05) is 0 Å². The van der Waals surface area contributed by atoms with Gasteiger partial charge in [-0.3, -0.25) is 0 Å². The van der Waals surface area contributed by atoms with Crippen molar-refractivity contribution in [1.29, 1.82) is 0 Å². The molecule has 0 aliphatic heterocycles. The standard InChI is InChI=1S/2C20H18.C9H14.C3H6.4CH4/c1-15-5-3-7-19(13-15)17-9-11-18(12-10-17)20-8-4-6-16(2)14-20;1-15-6-10-17(11-7-15)19-4-3-5-20(14-19)18-12-8-16(2)9-13-18;1-5-6-9(4)7-8(2)3;1-3-2;;;;/h2*3-14H,1-2H3;5-7H,1H2,2-4H3;3H,1H2,2H3;4*1H4/b;;9-6-;;;;;. The lowest BCUT2D eigenvalue weighted by Crippen LogP contribution is -1.82.